The second kappa shape index (κ2) is 8.26. The number of aromatic hydroxyl groups is 1. The van der Waals surface area contributed by atoms with Crippen LogP contribution in [0.4, 0.5) is 0 Å². The van der Waals surface area contributed by atoms with Gasteiger partial charge in [0.2, 0.25) is 5.78 Å². The van der Waals surface area contributed by atoms with Crippen LogP contribution < -0.4 is 5.73 Å². The number of rotatable bonds is 5. The van der Waals surface area contributed by atoms with E-state index in [1.165, 1.54) is 0 Å². The summed E-state index contributed by atoms with van der Waals surface area (Å²) in [4.78, 5) is 39.4. The van der Waals surface area contributed by atoms with Crippen molar-refractivity contribution in [1.29, 1.82) is 0 Å². The maximum Gasteiger partial charge on any atom is 0.255 e. The molecule has 0 aliphatic heterocycles. The molecule has 0 bridgehead atoms. The summed E-state index contributed by atoms with van der Waals surface area (Å²) in [5.74, 6) is -6.59. The minimum absolute atomic E-state index is 0.0124. The molecule has 0 radical (unpaired) electrons. The largest absolute Gasteiger partial charge is 0.508 e. The average molecular weight is 489 g/mol. The lowest BCUT2D eigenvalue weighted by Crippen LogP contribution is -2.58. The summed E-state index contributed by atoms with van der Waals surface area (Å²) in [6.45, 7) is 4.48. The van der Waals surface area contributed by atoms with Crippen LogP contribution in [0.15, 0.2) is 35.6 Å². The third kappa shape index (κ3) is 3.34. The Morgan fingerprint density at radius 1 is 1.32 bits per heavy atom. The number of amides is 1. The molecule has 1 aromatic rings. The zero-order valence-electron chi connectivity index (χ0n) is 18.5. The highest BCUT2D eigenvalue weighted by Gasteiger charge is 2.60. The number of benzene rings is 1. The minimum atomic E-state index is -2.59. The van der Waals surface area contributed by atoms with Crippen molar-refractivity contribution < 1.29 is 34.8 Å². The molecule has 1 amide bonds. The van der Waals surface area contributed by atoms with Crippen molar-refractivity contribution in [3.63, 3.8) is 0 Å². The number of primary amides is 1. The summed E-state index contributed by atoms with van der Waals surface area (Å²) < 4.78 is 0. The van der Waals surface area contributed by atoms with Crippen LogP contribution in [0.1, 0.15) is 29.5 Å². The Balaban J connectivity index is 1.87. The number of ketones is 2. The van der Waals surface area contributed by atoms with Crippen LogP contribution >= 0.6 is 11.6 Å². The number of hydrogen-bond acceptors (Lipinski definition) is 8. The Hall–Kier alpha value is -3.14. The van der Waals surface area contributed by atoms with Crippen LogP contribution in [0.5, 0.6) is 5.75 Å². The molecule has 34 heavy (non-hydrogen) atoms. The first-order valence-electron chi connectivity index (χ1n) is 10.7. The number of nitrogens with zero attached hydrogens (tertiary/aromatic N) is 1. The van der Waals surface area contributed by atoms with E-state index in [9.17, 15) is 34.8 Å². The Bertz CT molecular complexity index is 1220. The SMILES string of the molecule is C=CCN(C)Cc1cc(Cl)c2c(c1O)C(O)=C1C(=O)C3(O)C(O)=C(C(N)=O)C(=O)CC3CC1C2. The van der Waals surface area contributed by atoms with Crippen LogP contribution in [-0.4, -0.2) is 62.0 Å². The summed E-state index contributed by atoms with van der Waals surface area (Å²) in [7, 11) is 1.80. The Morgan fingerprint density at radius 3 is 2.62 bits per heavy atom. The summed E-state index contributed by atoms with van der Waals surface area (Å²) >= 11 is 6.51. The third-order valence-electron chi connectivity index (χ3n) is 6.97. The number of halogens is 1. The van der Waals surface area contributed by atoms with Crippen LogP contribution in [0, 0.1) is 11.8 Å². The number of nitrogens with two attached hydrogens (primary N) is 1. The number of phenols is 1. The molecule has 6 N–H and O–H groups in total. The van der Waals surface area contributed by atoms with Gasteiger partial charge in [-0.05, 0) is 37.4 Å². The highest BCUT2D eigenvalue weighted by Crippen LogP contribution is 2.53. The van der Waals surface area contributed by atoms with Crippen molar-refractivity contribution in [1.82, 2.24) is 4.90 Å². The number of aliphatic hydroxyl groups is 3. The van der Waals surface area contributed by atoms with E-state index in [0.717, 1.165) is 0 Å². The number of likely N-dealkylation sites (N-methyl/N-ethyl adjacent to an activating group) is 1. The topological polar surface area (TPSA) is 161 Å². The van der Waals surface area contributed by atoms with E-state index in [4.69, 9.17) is 17.3 Å². The molecular weight excluding hydrogens is 464 g/mol. The molecular formula is C24H25ClN2O7. The van der Waals surface area contributed by atoms with Gasteiger partial charge in [-0.2, -0.15) is 0 Å². The number of carbonyl (C=O) groups is 3. The lowest BCUT2D eigenvalue weighted by molar-refractivity contribution is -0.147. The summed E-state index contributed by atoms with van der Waals surface area (Å²) in [6, 6.07) is 1.60. The molecule has 180 valence electrons. The maximum atomic E-state index is 13.5. The van der Waals surface area contributed by atoms with Gasteiger partial charge in [0.15, 0.2) is 11.4 Å². The standard InChI is InChI=1S/C24H25ClN2O7/c1-3-4-27(2)9-11-7-14(25)13-6-10-5-12-8-15(28)18(23(26)33)22(32)24(12,34)21(31)16(10)20(30)17(13)19(11)29/h3,7,10,12,29-30,32,34H,1,4-6,8-9H2,2H3,(H2,26,33). The van der Waals surface area contributed by atoms with Crippen molar-refractivity contribution in [3.05, 3.63) is 57.3 Å². The monoisotopic (exact) mass is 488 g/mol. The van der Waals surface area contributed by atoms with Gasteiger partial charge in [0.05, 0.1) is 5.56 Å². The van der Waals surface area contributed by atoms with Gasteiger partial charge >= 0.3 is 0 Å². The third-order valence-corrected chi connectivity index (χ3v) is 7.31. The van der Waals surface area contributed by atoms with Gasteiger partial charge in [-0.25, -0.2) is 0 Å². The normalized spacial score (nSPS) is 26.4. The second-order valence-corrected chi connectivity index (χ2v) is 9.52. The molecule has 3 atom stereocenters. The number of phenolic OH excluding ortho intramolecular Hbond substituents is 1. The molecule has 0 aromatic heterocycles. The smallest absolute Gasteiger partial charge is 0.255 e. The molecule has 1 fully saturated rings. The highest BCUT2D eigenvalue weighted by atomic mass is 35.5. The van der Waals surface area contributed by atoms with E-state index >= 15 is 0 Å². The van der Waals surface area contributed by atoms with E-state index in [2.05, 4.69) is 6.58 Å². The van der Waals surface area contributed by atoms with Crippen molar-refractivity contribution in [2.45, 2.75) is 31.4 Å². The van der Waals surface area contributed by atoms with E-state index in [0.29, 0.717) is 22.7 Å². The van der Waals surface area contributed by atoms with Crippen molar-refractivity contribution in [3.8, 4) is 5.75 Å². The lowest BCUT2D eigenvalue weighted by Gasteiger charge is -2.46. The number of carbonyl (C=O) groups excluding carboxylic acids is 3. The predicted octanol–water partition coefficient (Wildman–Crippen LogP) is 1.70. The number of aliphatic hydroxyl groups excluding tert-OH is 2. The molecule has 3 unspecified atom stereocenters. The van der Waals surface area contributed by atoms with Crippen LogP contribution in [0.3, 0.4) is 0 Å². The first-order chi connectivity index (χ1) is 15.9. The average Bonchev–Trinajstić information content (AvgIpc) is 2.74. The number of fused-ring (bicyclic) bond motifs is 3. The lowest BCUT2D eigenvalue weighted by atomic mass is 9.59. The Morgan fingerprint density at radius 2 is 2.00 bits per heavy atom. The molecule has 0 spiro atoms. The van der Waals surface area contributed by atoms with E-state index in [-0.39, 0.29) is 42.7 Å². The second-order valence-electron chi connectivity index (χ2n) is 9.11. The molecule has 3 aliphatic carbocycles. The molecule has 0 heterocycles. The molecule has 9 nitrogen and oxygen atoms in total. The molecule has 1 saturated carbocycles. The van der Waals surface area contributed by atoms with Gasteiger partial charge < -0.3 is 26.2 Å². The van der Waals surface area contributed by atoms with Crippen molar-refractivity contribution >= 4 is 34.8 Å². The first kappa shape index (κ1) is 24.0. The number of Topliss-reactive ketones (excluding diaryl/α,β-unsaturated/α-hetero) is 2. The van der Waals surface area contributed by atoms with Crippen molar-refractivity contribution in [2.24, 2.45) is 17.6 Å². The summed E-state index contributed by atoms with van der Waals surface area (Å²) in [5, 5.41) is 44.3. The number of hydrogen-bond donors (Lipinski definition) is 5. The quantitative estimate of drug-likeness (QED) is 0.309. The zero-order valence-corrected chi connectivity index (χ0v) is 19.2. The van der Waals surface area contributed by atoms with Gasteiger partial charge in [-0.1, -0.05) is 17.7 Å². The van der Waals surface area contributed by atoms with E-state index in [1.54, 1.807) is 19.2 Å². The maximum absolute atomic E-state index is 13.5. The predicted molar refractivity (Wildman–Crippen MR) is 123 cm³/mol. The van der Waals surface area contributed by atoms with Gasteiger partial charge in [-0.15, -0.1) is 6.58 Å². The van der Waals surface area contributed by atoms with E-state index < -0.39 is 52.0 Å². The molecule has 10 heteroatoms. The minimum Gasteiger partial charge on any atom is -0.508 e. The van der Waals surface area contributed by atoms with Crippen LogP contribution in [-0.2, 0) is 27.3 Å². The van der Waals surface area contributed by atoms with Gasteiger partial charge in [0.1, 0.15) is 22.8 Å². The fourth-order valence-corrected chi connectivity index (χ4v) is 5.70. The van der Waals surface area contributed by atoms with E-state index in [1.807, 2.05) is 4.90 Å². The Labute approximate surface area is 200 Å². The fourth-order valence-electron chi connectivity index (χ4n) is 5.39. The van der Waals surface area contributed by atoms with Gasteiger partial charge in [-0.3, -0.25) is 19.3 Å². The van der Waals surface area contributed by atoms with Crippen LogP contribution in [0.2, 0.25) is 5.02 Å². The highest BCUT2D eigenvalue weighted by molar-refractivity contribution is 6.32. The van der Waals surface area contributed by atoms with Crippen LogP contribution in [0.25, 0.3) is 5.76 Å². The first-order valence-corrected chi connectivity index (χ1v) is 11.1. The molecule has 0 saturated heterocycles. The summed E-state index contributed by atoms with van der Waals surface area (Å²) in [5.41, 5.74) is 2.44. The Kier molecular flexibility index (Phi) is 5.83. The molecule has 4 rings (SSSR count). The molecule has 1 aromatic carbocycles. The zero-order chi connectivity index (χ0) is 25.1. The molecule has 3 aliphatic rings. The van der Waals surface area contributed by atoms with Crippen molar-refractivity contribution in [2.75, 3.05) is 13.6 Å². The fraction of sp³-hybridized carbons (Fsp3) is 0.375. The van der Waals surface area contributed by atoms with Gasteiger partial charge in [0.25, 0.3) is 5.91 Å². The van der Waals surface area contributed by atoms with Gasteiger partial charge in [0, 0.05) is 41.6 Å². The summed E-state index contributed by atoms with van der Waals surface area (Å²) in [6.07, 6.45) is 1.55.